The monoisotopic (exact) mass is 477 g/mol. The summed E-state index contributed by atoms with van der Waals surface area (Å²) < 4.78 is 33.4. The number of carbonyl (C=O) groups is 3. The molecule has 2 rings (SSSR count). The van der Waals surface area contributed by atoms with Crippen molar-refractivity contribution in [3.05, 3.63) is 53.6 Å². The summed E-state index contributed by atoms with van der Waals surface area (Å²) in [5, 5.41) is 10.2. The maximum atomic E-state index is 12.5. The van der Waals surface area contributed by atoms with Gasteiger partial charge in [-0.05, 0) is 54.8 Å². The molecule has 0 aliphatic rings. The summed E-state index contributed by atoms with van der Waals surface area (Å²) in [5.41, 5.74) is 0.935. The van der Waals surface area contributed by atoms with Crippen molar-refractivity contribution in [1.29, 1.82) is 0 Å². The molecule has 0 aromatic heterocycles. The van der Waals surface area contributed by atoms with Crippen LogP contribution in [-0.4, -0.2) is 46.0 Å². The van der Waals surface area contributed by atoms with Crippen molar-refractivity contribution in [3.63, 3.8) is 0 Å². The molecule has 1 atom stereocenters. The lowest BCUT2D eigenvalue weighted by atomic mass is 10.0. The van der Waals surface area contributed by atoms with Crippen LogP contribution in [-0.2, 0) is 24.3 Å². The number of benzene rings is 2. The average molecular weight is 478 g/mol. The highest BCUT2D eigenvalue weighted by atomic mass is 32.2. The van der Waals surface area contributed by atoms with E-state index in [2.05, 4.69) is 10.6 Å². The first kappa shape index (κ1) is 25.8. The van der Waals surface area contributed by atoms with Crippen molar-refractivity contribution in [1.82, 2.24) is 5.32 Å². The van der Waals surface area contributed by atoms with E-state index in [-0.39, 0.29) is 16.5 Å². The highest BCUT2D eigenvalue weighted by Crippen LogP contribution is 2.19. The molecule has 178 valence electrons. The van der Waals surface area contributed by atoms with Crippen molar-refractivity contribution < 1.29 is 32.3 Å². The molecule has 0 bridgehead atoms. The van der Waals surface area contributed by atoms with Crippen LogP contribution in [0.3, 0.4) is 0 Å². The fourth-order valence-electron chi connectivity index (χ4n) is 2.87. The average Bonchev–Trinajstić information content (AvgIpc) is 2.76. The number of esters is 1. The Bertz CT molecular complexity index is 1130. The van der Waals surface area contributed by atoms with Crippen LogP contribution in [0, 0.1) is 12.8 Å². The topological polar surface area (TPSA) is 154 Å². The molecule has 2 amide bonds. The SMILES string of the molecule is COc1ccc(C(=O)NC(C(=O)OCC(=O)Nc2ccc(C)c(S(N)(=O)=O)c2)C(C)C)cc1. The summed E-state index contributed by atoms with van der Waals surface area (Å²) in [7, 11) is -2.45. The molecular formula is C22H27N3O7S. The van der Waals surface area contributed by atoms with Gasteiger partial charge in [0.05, 0.1) is 12.0 Å². The van der Waals surface area contributed by atoms with Gasteiger partial charge in [0.1, 0.15) is 11.8 Å². The van der Waals surface area contributed by atoms with Gasteiger partial charge >= 0.3 is 5.97 Å². The molecule has 33 heavy (non-hydrogen) atoms. The Morgan fingerprint density at radius 1 is 1.06 bits per heavy atom. The summed E-state index contributed by atoms with van der Waals surface area (Å²) in [6.45, 7) is 4.39. The van der Waals surface area contributed by atoms with Gasteiger partial charge < -0.3 is 20.1 Å². The minimum atomic E-state index is -3.96. The van der Waals surface area contributed by atoms with Crippen LogP contribution in [0.2, 0.25) is 0 Å². The molecule has 10 nitrogen and oxygen atoms in total. The second-order valence-corrected chi connectivity index (χ2v) is 9.13. The summed E-state index contributed by atoms with van der Waals surface area (Å²) in [5.74, 6) is -1.67. The Morgan fingerprint density at radius 2 is 1.70 bits per heavy atom. The van der Waals surface area contributed by atoms with Crippen LogP contribution in [0.1, 0.15) is 29.8 Å². The van der Waals surface area contributed by atoms with Crippen LogP contribution >= 0.6 is 0 Å². The standard InChI is InChI=1S/C22H27N3O7S/c1-13(2)20(25-21(27)15-6-9-17(31-4)10-7-15)22(28)32-12-19(26)24-16-8-5-14(3)18(11-16)33(23,29)30/h5-11,13,20H,12H2,1-4H3,(H,24,26)(H,25,27)(H2,23,29,30). The fraction of sp³-hybridized carbons (Fsp3) is 0.318. The highest BCUT2D eigenvalue weighted by molar-refractivity contribution is 7.89. The van der Waals surface area contributed by atoms with E-state index in [1.807, 2.05) is 0 Å². The highest BCUT2D eigenvalue weighted by Gasteiger charge is 2.27. The number of anilines is 1. The number of primary sulfonamides is 1. The molecule has 2 aromatic rings. The lowest BCUT2D eigenvalue weighted by Gasteiger charge is -2.21. The first-order chi connectivity index (χ1) is 15.4. The summed E-state index contributed by atoms with van der Waals surface area (Å²) in [6, 6.07) is 9.57. The number of hydrogen-bond acceptors (Lipinski definition) is 7. The van der Waals surface area contributed by atoms with E-state index in [4.69, 9.17) is 14.6 Å². The molecule has 0 aliphatic carbocycles. The second kappa shape index (κ2) is 10.9. The van der Waals surface area contributed by atoms with E-state index < -0.39 is 40.5 Å². The molecule has 4 N–H and O–H groups in total. The maximum absolute atomic E-state index is 12.5. The fourth-order valence-corrected chi connectivity index (χ4v) is 3.68. The van der Waals surface area contributed by atoms with Gasteiger partial charge in [0.25, 0.3) is 11.8 Å². The molecule has 0 spiro atoms. The van der Waals surface area contributed by atoms with Gasteiger partial charge in [-0.1, -0.05) is 19.9 Å². The van der Waals surface area contributed by atoms with Gasteiger partial charge in [0.2, 0.25) is 10.0 Å². The third-order valence-corrected chi connectivity index (χ3v) is 5.74. The molecule has 0 saturated heterocycles. The van der Waals surface area contributed by atoms with Crippen LogP contribution in [0.5, 0.6) is 5.75 Å². The van der Waals surface area contributed by atoms with Crippen LogP contribution in [0.25, 0.3) is 0 Å². The number of sulfonamides is 1. The van der Waals surface area contributed by atoms with Gasteiger partial charge in [-0.3, -0.25) is 9.59 Å². The molecule has 2 aromatic carbocycles. The van der Waals surface area contributed by atoms with E-state index in [9.17, 15) is 22.8 Å². The smallest absolute Gasteiger partial charge is 0.329 e. The van der Waals surface area contributed by atoms with Crippen LogP contribution < -0.4 is 20.5 Å². The number of methoxy groups -OCH3 is 1. The van der Waals surface area contributed by atoms with E-state index in [1.54, 1.807) is 45.0 Å². The lowest BCUT2D eigenvalue weighted by Crippen LogP contribution is -2.45. The van der Waals surface area contributed by atoms with Gasteiger partial charge in [0, 0.05) is 11.3 Å². The van der Waals surface area contributed by atoms with Gasteiger partial charge in [0.15, 0.2) is 6.61 Å². The predicted molar refractivity (Wildman–Crippen MR) is 121 cm³/mol. The Morgan fingerprint density at radius 3 is 2.24 bits per heavy atom. The molecule has 11 heteroatoms. The molecule has 0 heterocycles. The zero-order chi connectivity index (χ0) is 24.8. The molecule has 0 aliphatic heterocycles. The number of carbonyl (C=O) groups excluding carboxylic acids is 3. The van der Waals surface area contributed by atoms with Gasteiger partial charge in [-0.25, -0.2) is 18.4 Å². The van der Waals surface area contributed by atoms with Crippen LogP contribution in [0.4, 0.5) is 5.69 Å². The molecule has 1 unspecified atom stereocenters. The minimum absolute atomic E-state index is 0.126. The third kappa shape index (κ3) is 7.29. The maximum Gasteiger partial charge on any atom is 0.329 e. The summed E-state index contributed by atoms with van der Waals surface area (Å²) in [4.78, 5) is 37.1. The van der Waals surface area contributed by atoms with Crippen molar-refractivity contribution in [2.45, 2.75) is 31.7 Å². The molecular weight excluding hydrogens is 450 g/mol. The first-order valence-electron chi connectivity index (χ1n) is 9.97. The number of ether oxygens (including phenoxy) is 2. The van der Waals surface area contributed by atoms with Crippen molar-refractivity contribution in [3.8, 4) is 5.75 Å². The van der Waals surface area contributed by atoms with Gasteiger partial charge in [-0.2, -0.15) is 0 Å². The zero-order valence-corrected chi connectivity index (χ0v) is 19.6. The minimum Gasteiger partial charge on any atom is -0.497 e. The molecule has 0 saturated carbocycles. The molecule has 0 fully saturated rings. The van der Waals surface area contributed by atoms with E-state index >= 15 is 0 Å². The summed E-state index contributed by atoms with van der Waals surface area (Å²) in [6.07, 6.45) is 0. The first-order valence-corrected chi connectivity index (χ1v) is 11.5. The van der Waals surface area contributed by atoms with Crippen molar-refractivity contribution in [2.75, 3.05) is 19.0 Å². The lowest BCUT2D eigenvalue weighted by molar-refractivity contribution is -0.150. The Balaban J connectivity index is 1.99. The number of amides is 2. The number of hydrogen-bond donors (Lipinski definition) is 3. The van der Waals surface area contributed by atoms with Crippen molar-refractivity contribution in [2.24, 2.45) is 11.1 Å². The molecule has 0 radical (unpaired) electrons. The predicted octanol–water partition coefficient (Wildman–Crippen LogP) is 1.59. The second-order valence-electron chi connectivity index (χ2n) is 7.60. The number of rotatable bonds is 9. The Labute approximate surface area is 192 Å². The number of nitrogens with two attached hydrogens (primary N) is 1. The summed E-state index contributed by atoms with van der Waals surface area (Å²) >= 11 is 0. The van der Waals surface area contributed by atoms with Crippen molar-refractivity contribution >= 4 is 33.5 Å². The Kier molecular flexibility index (Phi) is 8.55. The Hall–Kier alpha value is -3.44. The third-order valence-electron chi connectivity index (χ3n) is 4.68. The quantitative estimate of drug-likeness (QED) is 0.463. The zero-order valence-electron chi connectivity index (χ0n) is 18.7. The van der Waals surface area contributed by atoms with E-state index in [1.165, 1.54) is 25.3 Å². The van der Waals surface area contributed by atoms with Crippen LogP contribution in [0.15, 0.2) is 47.4 Å². The number of nitrogens with one attached hydrogen (secondary N) is 2. The largest absolute Gasteiger partial charge is 0.497 e. The van der Waals surface area contributed by atoms with Gasteiger partial charge in [-0.15, -0.1) is 0 Å². The number of aryl methyl sites for hydroxylation is 1. The van der Waals surface area contributed by atoms with E-state index in [0.29, 0.717) is 16.9 Å². The normalized spacial score (nSPS) is 12.1. The van der Waals surface area contributed by atoms with E-state index in [0.717, 1.165) is 0 Å².